The SMILES string of the molecule is CCOc1cc(CN)ccc1OCC(=O)NCC(F)(F)F. The zero-order chi connectivity index (χ0) is 15.9. The first-order chi connectivity index (χ1) is 9.85. The molecule has 0 aliphatic carbocycles. The molecular weight excluding hydrogens is 289 g/mol. The van der Waals surface area contributed by atoms with Gasteiger partial charge < -0.3 is 20.5 Å². The summed E-state index contributed by atoms with van der Waals surface area (Å²) in [6, 6.07) is 4.90. The molecule has 0 spiro atoms. The normalized spacial score (nSPS) is 11.1. The number of nitrogens with two attached hydrogens (primary N) is 1. The summed E-state index contributed by atoms with van der Waals surface area (Å²) >= 11 is 0. The zero-order valence-corrected chi connectivity index (χ0v) is 11.5. The van der Waals surface area contributed by atoms with Gasteiger partial charge >= 0.3 is 6.18 Å². The maximum atomic E-state index is 11.9. The van der Waals surface area contributed by atoms with Crippen LogP contribution in [0.3, 0.4) is 0 Å². The average molecular weight is 306 g/mol. The van der Waals surface area contributed by atoms with Crippen LogP contribution in [0.15, 0.2) is 18.2 Å². The maximum absolute atomic E-state index is 11.9. The Bertz CT molecular complexity index is 478. The molecule has 0 fully saturated rings. The summed E-state index contributed by atoms with van der Waals surface area (Å²) < 4.78 is 46.3. The number of amides is 1. The van der Waals surface area contributed by atoms with Gasteiger partial charge in [-0.2, -0.15) is 13.2 Å². The molecular formula is C13H17F3N2O3. The summed E-state index contributed by atoms with van der Waals surface area (Å²) in [7, 11) is 0. The number of halogens is 3. The predicted molar refractivity (Wildman–Crippen MR) is 70.1 cm³/mol. The van der Waals surface area contributed by atoms with Crippen molar-refractivity contribution < 1.29 is 27.4 Å². The average Bonchev–Trinajstić information content (AvgIpc) is 2.43. The Labute approximate surface area is 120 Å². The Morgan fingerprint density at radius 3 is 2.57 bits per heavy atom. The number of ether oxygens (including phenoxy) is 2. The van der Waals surface area contributed by atoms with Crippen molar-refractivity contribution in [2.24, 2.45) is 5.73 Å². The van der Waals surface area contributed by atoms with E-state index < -0.39 is 25.2 Å². The smallest absolute Gasteiger partial charge is 0.405 e. The van der Waals surface area contributed by atoms with Crippen LogP contribution in [-0.4, -0.2) is 31.8 Å². The third-order valence-electron chi connectivity index (χ3n) is 2.39. The van der Waals surface area contributed by atoms with Crippen molar-refractivity contribution >= 4 is 5.91 Å². The van der Waals surface area contributed by atoms with Crippen LogP contribution < -0.4 is 20.5 Å². The largest absolute Gasteiger partial charge is 0.490 e. The third-order valence-corrected chi connectivity index (χ3v) is 2.39. The lowest BCUT2D eigenvalue weighted by molar-refractivity contribution is -0.139. The lowest BCUT2D eigenvalue weighted by Gasteiger charge is -2.13. The number of rotatable bonds is 7. The van der Waals surface area contributed by atoms with Gasteiger partial charge in [0.25, 0.3) is 5.91 Å². The highest BCUT2D eigenvalue weighted by molar-refractivity contribution is 5.77. The van der Waals surface area contributed by atoms with Crippen molar-refractivity contribution in [3.63, 3.8) is 0 Å². The number of carbonyl (C=O) groups is 1. The highest BCUT2D eigenvalue weighted by atomic mass is 19.4. The number of hydrogen-bond acceptors (Lipinski definition) is 4. The van der Waals surface area contributed by atoms with Gasteiger partial charge in [-0.3, -0.25) is 4.79 Å². The van der Waals surface area contributed by atoms with Gasteiger partial charge in [-0.05, 0) is 24.6 Å². The fourth-order valence-corrected chi connectivity index (χ4v) is 1.46. The summed E-state index contributed by atoms with van der Waals surface area (Å²) in [5.74, 6) is -0.196. The van der Waals surface area contributed by atoms with Crippen molar-refractivity contribution in [3.05, 3.63) is 23.8 Å². The van der Waals surface area contributed by atoms with Gasteiger partial charge in [-0.15, -0.1) is 0 Å². The molecule has 0 bridgehead atoms. The van der Waals surface area contributed by atoms with Gasteiger partial charge in [0.1, 0.15) is 6.54 Å². The van der Waals surface area contributed by atoms with Crippen molar-refractivity contribution in [3.8, 4) is 11.5 Å². The minimum absolute atomic E-state index is 0.274. The number of benzene rings is 1. The number of alkyl halides is 3. The van der Waals surface area contributed by atoms with Crippen LogP contribution in [0.4, 0.5) is 13.2 Å². The highest BCUT2D eigenvalue weighted by Gasteiger charge is 2.27. The molecule has 8 heteroatoms. The van der Waals surface area contributed by atoms with Gasteiger partial charge in [-0.1, -0.05) is 6.07 Å². The monoisotopic (exact) mass is 306 g/mol. The molecule has 1 aromatic rings. The van der Waals surface area contributed by atoms with E-state index in [-0.39, 0.29) is 5.75 Å². The van der Waals surface area contributed by atoms with Crippen molar-refractivity contribution in [2.75, 3.05) is 19.8 Å². The van der Waals surface area contributed by atoms with E-state index in [1.54, 1.807) is 30.4 Å². The zero-order valence-electron chi connectivity index (χ0n) is 11.5. The minimum Gasteiger partial charge on any atom is -0.490 e. The summed E-state index contributed by atoms with van der Waals surface area (Å²) in [5, 5.41) is 1.72. The van der Waals surface area contributed by atoms with E-state index in [4.69, 9.17) is 15.2 Å². The molecule has 0 saturated carbocycles. The standard InChI is InChI=1S/C13H17F3N2O3/c1-2-20-11-5-9(6-17)3-4-10(11)21-7-12(19)18-8-13(14,15)16/h3-5H,2,6-8,17H2,1H3,(H,18,19). The molecule has 0 radical (unpaired) electrons. The first kappa shape index (κ1) is 17.1. The first-order valence-corrected chi connectivity index (χ1v) is 6.27. The van der Waals surface area contributed by atoms with Gasteiger partial charge in [0.15, 0.2) is 18.1 Å². The Morgan fingerprint density at radius 1 is 1.29 bits per heavy atom. The van der Waals surface area contributed by atoms with Crippen molar-refractivity contribution in [1.29, 1.82) is 0 Å². The van der Waals surface area contributed by atoms with E-state index in [2.05, 4.69) is 0 Å². The van der Waals surface area contributed by atoms with E-state index >= 15 is 0 Å². The third kappa shape index (κ3) is 6.35. The molecule has 21 heavy (non-hydrogen) atoms. The fourth-order valence-electron chi connectivity index (χ4n) is 1.46. The van der Waals surface area contributed by atoms with Crippen LogP contribution in [-0.2, 0) is 11.3 Å². The van der Waals surface area contributed by atoms with Gasteiger partial charge in [0, 0.05) is 6.54 Å². The van der Waals surface area contributed by atoms with Crippen LogP contribution in [0, 0.1) is 0 Å². The Kier molecular flexibility index (Phi) is 6.29. The molecule has 0 aliphatic rings. The van der Waals surface area contributed by atoms with Gasteiger partial charge in [-0.25, -0.2) is 0 Å². The highest BCUT2D eigenvalue weighted by Crippen LogP contribution is 2.28. The molecule has 0 heterocycles. The van der Waals surface area contributed by atoms with Crippen LogP contribution in [0.2, 0.25) is 0 Å². The quantitative estimate of drug-likeness (QED) is 0.802. The van der Waals surface area contributed by atoms with Crippen LogP contribution in [0.5, 0.6) is 11.5 Å². The molecule has 1 rings (SSSR count). The van der Waals surface area contributed by atoms with E-state index in [9.17, 15) is 18.0 Å². The number of nitrogens with one attached hydrogen (secondary N) is 1. The van der Waals surface area contributed by atoms with E-state index in [0.717, 1.165) is 5.56 Å². The molecule has 0 unspecified atom stereocenters. The number of carbonyl (C=O) groups excluding carboxylic acids is 1. The Hall–Kier alpha value is -1.96. The van der Waals surface area contributed by atoms with Gasteiger partial charge in [0.05, 0.1) is 6.61 Å². The molecule has 1 aromatic carbocycles. The van der Waals surface area contributed by atoms with Crippen molar-refractivity contribution in [1.82, 2.24) is 5.32 Å². The van der Waals surface area contributed by atoms with E-state index in [0.29, 0.717) is 18.9 Å². The second kappa shape index (κ2) is 7.72. The van der Waals surface area contributed by atoms with Crippen LogP contribution in [0.1, 0.15) is 12.5 Å². The molecule has 0 aromatic heterocycles. The summed E-state index contributed by atoms with van der Waals surface area (Å²) in [6.45, 7) is 0.545. The minimum atomic E-state index is -4.45. The first-order valence-electron chi connectivity index (χ1n) is 6.27. The lowest BCUT2D eigenvalue weighted by atomic mass is 10.2. The molecule has 3 N–H and O–H groups in total. The van der Waals surface area contributed by atoms with Crippen LogP contribution >= 0.6 is 0 Å². The maximum Gasteiger partial charge on any atom is 0.405 e. The summed E-state index contributed by atoms with van der Waals surface area (Å²) in [4.78, 5) is 11.3. The Morgan fingerprint density at radius 2 is 2.00 bits per heavy atom. The second-order valence-corrected chi connectivity index (χ2v) is 4.10. The predicted octanol–water partition coefficient (Wildman–Crippen LogP) is 1.60. The fraction of sp³-hybridized carbons (Fsp3) is 0.462. The summed E-state index contributed by atoms with van der Waals surface area (Å²) in [5.41, 5.74) is 6.31. The van der Waals surface area contributed by atoms with E-state index in [1.165, 1.54) is 0 Å². The lowest BCUT2D eigenvalue weighted by Crippen LogP contribution is -2.36. The van der Waals surface area contributed by atoms with Crippen molar-refractivity contribution in [2.45, 2.75) is 19.6 Å². The van der Waals surface area contributed by atoms with Gasteiger partial charge in [0.2, 0.25) is 0 Å². The molecule has 1 amide bonds. The number of hydrogen-bond donors (Lipinski definition) is 2. The molecule has 118 valence electrons. The topological polar surface area (TPSA) is 73.6 Å². The van der Waals surface area contributed by atoms with Crippen LogP contribution in [0.25, 0.3) is 0 Å². The second-order valence-electron chi connectivity index (χ2n) is 4.10. The van der Waals surface area contributed by atoms with E-state index in [1.807, 2.05) is 0 Å². The molecule has 5 nitrogen and oxygen atoms in total. The summed E-state index contributed by atoms with van der Waals surface area (Å²) in [6.07, 6.45) is -4.45. The molecule has 0 atom stereocenters. The Balaban J connectivity index is 2.60. The molecule has 0 saturated heterocycles. The molecule has 0 aliphatic heterocycles.